The Morgan fingerprint density at radius 3 is 2.76 bits per heavy atom. The molecule has 0 atom stereocenters. The topological polar surface area (TPSA) is 60.6 Å². The van der Waals surface area contributed by atoms with Gasteiger partial charge in [0.1, 0.15) is 18.0 Å². The molecule has 0 saturated heterocycles. The number of hydrogen-bond donors (Lipinski definition) is 1. The van der Waals surface area contributed by atoms with Gasteiger partial charge in [0.05, 0.1) is 13.1 Å². The second kappa shape index (κ2) is 5.00. The molecule has 0 amide bonds. The molecule has 92 valence electrons. The van der Waals surface area contributed by atoms with Crippen LogP contribution in [0.4, 0.5) is 8.78 Å². The summed E-state index contributed by atoms with van der Waals surface area (Å²) >= 11 is 0. The van der Waals surface area contributed by atoms with Gasteiger partial charge in [0.2, 0.25) is 0 Å². The fourth-order valence-corrected chi connectivity index (χ4v) is 1.41. The molecule has 17 heavy (non-hydrogen) atoms. The van der Waals surface area contributed by atoms with Gasteiger partial charge < -0.3 is 9.88 Å². The predicted molar refractivity (Wildman–Crippen MR) is 55.0 cm³/mol. The summed E-state index contributed by atoms with van der Waals surface area (Å²) in [5.74, 6) is 1.03. The number of nitrogens with one attached hydrogen (secondary N) is 1. The van der Waals surface area contributed by atoms with Crippen LogP contribution in [0.15, 0.2) is 18.7 Å². The van der Waals surface area contributed by atoms with E-state index in [1.807, 2.05) is 7.05 Å². The SMILES string of the molecule is Cn1cnnc1CNCc1nccn1C(F)F. The Hall–Kier alpha value is -1.83. The largest absolute Gasteiger partial charge is 0.320 e. The van der Waals surface area contributed by atoms with Gasteiger partial charge in [0.25, 0.3) is 0 Å². The first kappa shape index (κ1) is 11.6. The number of rotatable bonds is 5. The molecule has 2 rings (SSSR count). The van der Waals surface area contributed by atoms with Gasteiger partial charge in [-0.25, -0.2) is 4.98 Å². The molecule has 8 heteroatoms. The Balaban J connectivity index is 1.90. The molecule has 2 aromatic heterocycles. The summed E-state index contributed by atoms with van der Waals surface area (Å²) in [6.07, 6.45) is 4.19. The molecule has 0 spiro atoms. The summed E-state index contributed by atoms with van der Waals surface area (Å²) in [6, 6.07) is 0. The zero-order chi connectivity index (χ0) is 12.3. The number of hydrogen-bond acceptors (Lipinski definition) is 4. The monoisotopic (exact) mass is 242 g/mol. The summed E-state index contributed by atoms with van der Waals surface area (Å²) in [6.45, 7) is -1.86. The molecule has 1 N–H and O–H groups in total. The average Bonchev–Trinajstić information content (AvgIpc) is 2.88. The smallest absolute Gasteiger partial charge is 0.319 e. The van der Waals surface area contributed by atoms with Crippen LogP contribution in [0.5, 0.6) is 0 Å². The number of imidazole rings is 1. The lowest BCUT2D eigenvalue weighted by molar-refractivity contribution is 0.0666. The Kier molecular flexibility index (Phi) is 3.43. The van der Waals surface area contributed by atoms with E-state index < -0.39 is 6.55 Å². The number of alkyl halides is 2. The normalized spacial score (nSPS) is 11.3. The van der Waals surface area contributed by atoms with E-state index in [9.17, 15) is 8.78 Å². The third-order valence-electron chi connectivity index (χ3n) is 2.33. The van der Waals surface area contributed by atoms with Gasteiger partial charge in [-0.3, -0.25) is 4.57 Å². The quantitative estimate of drug-likeness (QED) is 0.838. The van der Waals surface area contributed by atoms with Gasteiger partial charge in [-0.05, 0) is 0 Å². The molecule has 6 nitrogen and oxygen atoms in total. The first-order chi connectivity index (χ1) is 8.18. The lowest BCUT2D eigenvalue weighted by Crippen LogP contribution is -2.18. The summed E-state index contributed by atoms with van der Waals surface area (Å²) in [5, 5.41) is 10.6. The molecule has 0 radical (unpaired) electrons. The van der Waals surface area contributed by atoms with Crippen molar-refractivity contribution in [3.8, 4) is 0 Å². The van der Waals surface area contributed by atoms with Crippen molar-refractivity contribution in [3.63, 3.8) is 0 Å². The Morgan fingerprint density at radius 2 is 2.12 bits per heavy atom. The fraction of sp³-hybridized carbons (Fsp3) is 0.444. The van der Waals surface area contributed by atoms with Crippen molar-refractivity contribution < 1.29 is 8.78 Å². The maximum atomic E-state index is 12.5. The first-order valence-corrected chi connectivity index (χ1v) is 5.02. The molecule has 0 bridgehead atoms. The van der Waals surface area contributed by atoms with Gasteiger partial charge in [0.15, 0.2) is 0 Å². The van der Waals surface area contributed by atoms with Gasteiger partial charge in [-0.15, -0.1) is 10.2 Å². The Morgan fingerprint density at radius 1 is 1.35 bits per heavy atom. The molecule has 2 heterocycles. The van der Waals surface area contributed by atoms with Crippen molar-refractivity contribution in [3.05, 3.63) is 30.4 Å². The number of aromatic nitrogens is 5. The Bertz CT molecular complexity index is 477. The Labute approximate surface area is 96.3 Å². The summed E-state index contributed by atoms with van der Waals surface area (Å²) < 4.78 is 27.6. The van der Waals surface area contributed by atoms with Crippen LogP contribution in [0.2, 0.25) is 0 Å². The van der Waals surface area contributed by atoms with Gasteiger partial charge in [-0.2, -0.15) is 8.78 Å². The van der Waals surface area contributed by atoms with Gasteiger partial charge in [-0.1, -0.05) is 0 Å². The summed E-state index contributed by atoms with van der Waals surface area (Å²) in [5.41, 5.74) is 0. The predicted octanol–water partition coefficient (Wildman–Crippen LogP) is 0.696. The maximum absolute atomic E-state index is 12.5. The van der Waals surface area contributed by atoms with Crippen LogP contribution in [-0.2, 0) is 20.1 Å². The third kappa shape index (κ3) is 2.64. The lowest BCUT2D eigenvalue weighted by Gasteiger charge is -2.07. The van der Waals surface area contributed by atoms with E-state index in [0.717, 1.165) is 10.4 Å². The van der Waals surface area contributed by atoms with Gasteiger partial charge >= 0.3 is 6.55 Å². The highest BCUT2D eigenvalue weighted by molar-refractivity contribution is 4.93. The van der Waals surface area contributed by atoms with Crippen molar-refractivity contribution in [2.24, 2.45) is 7.05 Å². The molecule has 0 aliphatic carbocycles. The molecule has 0 saturated carbocycles. The zero-order valence-corrected chi connectivity index (χ0v) is 9.22. The van der Waals surface area contributed by atoms with Crippen LogP contribution in [0.25, 0.3) is 0 Å². The summed E-state index contributed by atoms with van der Waals surface area (Å²) in [4.78, 5) is 3.86. The molecular formula is C9H12F2N6. The van der Waals surface area contributed by atoms with Crippen molar-refractivity contribution >= 4 is 0 Å². The van der Waals surface area contributed by atoms with Crippen LogP contribution in [-0.4, -0.2) is 24.3 Å². The van der Waals surface area contributed by atoms with E-state index in [-0.39, 0.29) is 6.54 Å². The fourth-order valence-electron chi connectivity index (χ4n) is 1.41. The minimum atomic E-state index is -2.57. The lowest BCUT2D eigenvalue weighted by atomic mass is 10.5. The van der Waals surface area contributed by atoms with Crippen molar-refractivity contribution in [1.29, 1.82) is 0 Å². The molecule has 0 fully saturated rings. The van der Waals surface area contributed by atoms with Crippen LogP contribution >= 0.6 is 0 Å². The average molecular weight is 242 g/mol. The van der Waals surface area contributed by atoms with E-state index in [1.54, 1.807) is 10.9 Å². The second-order valence-electron chi connectivity index (χ2n) is 3.49. The first-order valence-electron chi connectivity index (χ1n) is 5.02. The van der Waals surface area contributed by atoms with Crippen molar-refractivity contribution in [1.82, 2.24) is 29.6 Å². The minimum absolute atomic E-state index is 0.254. The van der Waals surface area contributed by atoms with Gasteiger partial charge in [0, 0.05) is 19.4 Å². The highest BCUT2D eigenvalue weighted by Gasteiger charge is 2.10. The molecule has 0 aliphatic rings. The maximum Gasteiger partial charge on any atom is 0.319 e. The van der Waals surface area contributed by atoms with Crippen molar-refractivity contribution in [2.75, 3.05) is 0 Å². The number of nitrogens with zero attached hydrogens (tertiary/aromatic N) is 5. The highest BCUT2D eigenvalue weighted by Crippen LogP contribution is 2.11. The molecular weight excluding hydrogens is 230 g/mol. The molecule has 0 aliphatic heterocycles. The number of halogens is 2. The molecule has 0 unspecified atom stereocenters. The van der Waals surface area contributed by atoms with E-state index in [0.29, 0.717) is 12.4 Å². The third-order valence-corrected chi connectivity index (χ3v) is 2.33. The highest BCUT2D eigenvalue weighted by atomic mass is 19.3. The van der Waals surface area contributed by atoms with Crippen LogP contribution < -0.4 is 5.32 Å². The van der Waals surface area contributed by atoms with E-state index >= 15 is 0 Å². The molecule has 0 aromatic carbocycles. The van der Waals surface area contributed by atoms with Crippen LogP contribution in [0.3, 0.4) is 0 Å². The van der Waals surface area contributed by atoms with E-state index in [4.69, 9.17) is 0 Å². The van der Waals surface area contributed by atoms with Crippen LogP contribution in [0.1, 0.15) is 18.2 Å². The second-order valence-corrected chi connectivity index (χ2v) is 3.49. The van der Waals surface area contributed by atoms with E-state index in [1.165, 1.54) is 12.4 Å². The van der Waals surface area contributed by atoms with E-state index in [2.05, 4.69) is 20.5 Å². The van der Waals surface area contributed by atoms with Crippen molar-refractivity contribution in [2.45, 2.75) is 19.6 Å². The zero-order valence-electron chi connectivity index (χ0n) is 9.22. The molecule has 2 aromatic rings. The standard InChI is InChI=1S/C9H12F2N6/c1-16-6-14-15-8(16)5-12-4-7-13-2-3-17(7)9(10)11/h2-3,6,9,12H,4-5H2,1H3. The van der Waals surface area contributed by atoms with Crippen LogP contribution in [0, 0.1) is 0 Å². The summed E-state index contributed by atoms with van der Waals surface area (Å²) in [7, 11) is 1.82. The number of aryl methyl sites for hydroxylation is 1. The minimum Gasteiger partial charge on any atom is -0.320 e.